The minimum Gasteiger partial charge on any atom is -0.354 e. The SMILES string of the molecule is COC(OC)C(Cc1ccccc1)N(Cc1ccccc1)Cc1ccccc1. The van der Waals surface area contributed by atoms with E-state index in [9.17, 15) is 0 Å². The third-order valence-corrected chi connectivity index (χ3v) is 4.99. The maximum atomic E-state index is 5.73. The van der Waals surface area contributed by atoms with Crippen molar-refractivity contribution in [1.82, 2.24) is 4.90 Å². The van der Waals surface area contributed by atoms with Crippen molar-refractivity contribution in [1.29, 1.82) is 0 Å². The van der Waals surface area contributed by atoms with Crippen molar-refractivity contribution in [3.63, 3.8) is 0 Å². The van der Waals surface area contributed by atoms with E-state index in [-0.39, 0.29) is 12.3 Å². The van der Waals surface area contributed by atoms with Gasteiger partial charge < -0.3 is 9.47 Å². The smallest absolute Gasteiger partial charge is 0.172 e. The molecule has 0 saturated carbocycles. The van der Waals surface area contributed by atoms with Crippen molar-refractivity contribution in [2.24, 2.45) is 0 Å². The summed E-state index contributed by atoms with van der Waals surface area (Å²) < 4.78 is 11.5. The van der Waals surface area contributed by atoms with Gasteiger partial charge in [-0.3, -0.25) is 4.90 Å². The average Bonchev–Trinajstić information content (AvgIpc) is 2.76. The van der Waals surface area contributed by atoms with Crippen molar-refractivity contribution in [3.8, 4) is 0 Å². The predicted octanol–water partition coefficient (Wildman–Crippen LogP) is 4.92. The van der Waals surface area contributed by atoms with Crippen LogP contribution in [-0.2, 0) is 29.0 Å². The summed E-state index contributed by atoms with van der Waals surface area (Å²) in [6.07, 6.45) is 0.542. The van der Waals surface area contributed by atoms with Crippen LogP contribution in [0.2, 0.25) is 0 Å². The highest BCUT2D eigenvalue weighted by Gasteiger charge is 2.28. The Morgan fingerprint density at radius 1 is 0.607 bits per heavy atom. The van der Waals surface area contributed by atoms with Gasteiger partial charge >= 0.3 is 0 Å². The van der Waals surface area contributed by atoms with Crippen LogP contribution in [0.5, 0.6) is 0 Å². The summed E-state index contributed by atoms with van der Waals surface area (Å²) in [5.74, 6) is 0. The lowest BCUT2D eigenvalue weighted by Crippen LogP contribution is -2.46. The summed E-state index contributed by atoms with van der Waals surface area (Å²) in [5, 5.41) is 0. The van der Waals surface area contributed by atoms with Crippen LogP contribution >= 0.6 is 0 Å². The highest BCUT2D eigenvalue weighted by atomic mass is 16.7. The van der Waals surface area contributed by atoms with Crippen LogP contribution in [0.3, 0.4) is 0 Å². The lowest BCUT2D eigenvalue weighted by Gasteiger charge is -2.36. The number of nitrogens with zero attached hydrogens (tertiary/aromatic N) is 1. The first kappa shape index (κ1) is 20.3. The Kier molecular flexibility index (Phi) is 7.80. The molecule has 0 N–H and O–H groups in total. The Morgan fingerprint density at radius 3 is 1.39 bits per heavy atom. The lowest BCUT2D eigenvalue weighted by atomic mass is 10.0. The Bertz CT molecular complexity index is 747. The van der Waals surface area contributed by atoms with Gasteiger partial charge in [-0.1, -0.05) is 91.0 Å². The molecule has 0 aliphatic heterocycles. The molecule has 28 heavy (non-hydrogen) atoms. The van der Waals surface area contributed by atoms with E-state index in [1.165, 1.54) is 16.7 Å². The molecule has 146 valence electrons. The van der Waals surface area contributed by atoms with Crippen molar-refractivity contribution in [3.05, 3.63) is 108 Å². The van der Waals surface area contributed by atoms with E-state index in [2.05, 4.69) is 89.8 Å². The number of benzene rings is 3. The molecule has 0 fully saturated rings. The van der Waals surface area contributed by atoms with Crippen LogP contribution in [0.15, 0.2) is 91.0 Å². The lowest BCUT2D eigenvalue weighted by molar-refractivity contribution is -0.150. The molecule has 0 heterocycles. The van der Waals surface area contributed by atoms with E-state index >= 15 is 0 Å². The standard InChI is InChI=1S/C25H29NO2/c1-27-25(28-2)24(18-21-12-6-3-7-13-21)26(19-22-14-8-4-9-15-22)20-23-16-10-5-11-17-23/h3-17,24-25H,18-20H2,1-2H3. The van der Waals surface area contributed by atoms with Crippen LogP contribution in [0.1, 0.15) is 16.7 Å². The van der Waals surface area contributed by atoms with Gasteiger partial charge in [-0.05, 0) is 23.1 Å². The number of hydrogen-bond acceptors (Lipinski definition) is 3. The normalized spacial score (nSPS) is 12.4. The molecule has 0 aromatic heterocycles. The summed E-state index contributed by atoms with van der Waals surface area (Å²) >= 11 is 0. The van der Waals surface area contributed by atoms with Gasteiger partial charge in [-0.25, -0.2) is 0 Å². The number of ether oxygens (including phenoxy) is 2. The third kappa shape index (κ3) is 5.77. The first-order chi connectivity index (χ1) is 13.8. The molecule has 3 nitrogen and oxygen atoms in total. The first-order valence-corrected chi connectivity index (χ1v) is 9.71. The van der Waals surface area contributed by atoms with E-state index in [1.807, 2.05) is 6.07 Å². The summed E-state index contributed by atoms with van der Waals surface area (Å²) in [5.41, 5.74) is 3.84. The van der Waals surface area contributed by atoms with Crippen molar-refractivity contribution in [2.75, 3.05) is 14.2 Å². The van der Waals surface area contributed by atoms with Gasteiger partial charge in [0.25, 0.3) is 0 Å². The topological polar surface area (TPSA) is 21.7 Å². The third-order valence-electron chi connectivity index (χ3n) is 4.99. The zero-order valence-electron chi connectivity index (χ0n) is 16.7. The first-order valence-electron chi connectivity index (χ1n) is 9.71. The van der Waals surface area contributed by atoms with Crippen LogP contribution in [0, 0.1) is 0 Å². The van der Waals surface area contributed by atoms with Gasteiger partial charge in [0.05, 0.1) is 6.04 Å². The van der Waals surface area contributed by atoms with Crippen LogP contribution in [0.4, 0.5) is 0 Å². The summed E-state index contributed by atoms with van der Waals surface area (Å²) in [4.78, 5) is 2.45. The molecule has 0 bridgehead atoms. The second kappa shape index (κ2) is 10.8. The molecule has 3 heteroatoms. The number of hydrogen-bond donors (Lipinski definition) is 0. The molecule has 3 aromatic carbocycles. The van der Waals surface area contributed by atoms with Crippen LogP contribution in [0.25, 0.3) is 0 Å². The minimum absolute atomic E-state index is 0.0813. The largest absolute Gasteiger partial charge is 0.354 e. The molecule has 0 aliphatic rings. The van der Waals surface area contributed by atoms with Crippen molar-refractivity contribution < 1.29 is 9.47 Å². The summed E-state index contributed by atoms with van der Waals surface area (Å²) in [6, 6.07) is 31.8. The molecule has 1 unspecified atom stereocenters. The van der Waals surface area contributed by atoms with Gasteiger partial charge in [0, 0.05) is 27.3 Å². The Labute approximate surface area is 168 Å². The minimum atomic E-state index is -0.312. The molecule has 0 saturated heterocycles. The molecular weight excluding hydrogens is 346 g/mol. The van der Waals surface area contributed by atoms with E-state index in [1.54, 1.807) is 14.2 Å². The van der Waals surface area contributed by atoms with Gasteiger partial charge in [0.2, 0.25) is 0 Å². The fourth-order valence-electron chi connectivity index (χ4n) is 3.59. The Balaban J connectivity index is 1.91. The monoisotopic (exact) mass is 375 g/mol. The highest BCUT2D eigenvalue weighted by molar-refractivity contribution is 5.19. The van der Waals surface area contributed by atoms with E-state index in [0.717, 1.165) is 19.5 Å². The molecular formula is C25H29NO2. The summed E-state index contributed by atoms with van der Waals surface area (Å²) in [7, 11) is 3.44. The fraction of sp³-hybridized carbons (Fsp3) is 0.280. The molecule has 0 radical (unpaired) electrons. The molecule has 0 spiro atoms. The molecule has 3 rings (SSSR count). The van der Waals surface area contributed by atoms with Gasteiger partial charge in [-0.15, -0.1) is 0 Å². The van der Waals surface area contributed by atoms with Crippen molar-refractivity contribution >= 4 is 0 Å². The highest BCUT2D eigenvalue weighted by Crippen LogP contribution is 2.21. The van der Waals surface area contributed by atoms with Gasteiger partial charge in [-0.2, -0.15) is 0 Å². The quantitative estimate of drug-likeness (QED) is 0.470. The van der Waals surface area contributed by atoms with Crippen molar-refractivity contribution in [2.45, 2.75) is 31.8 Å². The zero-order valence-corrected chi connectivity index (χ0v) is 16.7. The molecule has 1 atom stereocenters. The number of rotatable bonds is 10. The fourth-order valence-corrected chi connectivity index (χ4v) is 3.59. The molecule has 3 aromatic rings. The van der Waals surface area contributed by atoms with Gasteiger partial charge in [0.15, 0.2) is 6.29 Å². The van der Waals surface area contributed by atoms with Gasteiger partial charge in [0.1, 0.15) is 0 Å². The van der Waals surface area contributed by atoms with E-state index in [0.29, 0.717) is 0 Å². The Morgan fingerprint density at radius 2 is 1.00 bits per heavy atom. The maximum Gasteiger partial charge on any atom is 0.172 e. The van der Waals surface area contributed by atoms with Crippen LogP contribution < -0.4 is 0 Å². The predicted molar refractivity (Wildman–Crippen MR) is 114 cm³/mol. The van der Waals surface area contributed by atoms with E-state index < -0.39 is 0 Å². The summed E-state index contributed by atoms with van der Waals surface area (Å²) in [6.45, 7) is 1.66. The molecule has 0 aliphatic carbocycles. The maximum absolute atomic E-state index is 5.73. The van der Waals surface area contributed by atoms with Crippen LogP contribution in [-0.4, -0.2) is 31.5 Å². The second-order valence-corrected chi connectivity index (χ2v) is 6.97. The van der Waals surface area contributed by atoms with E-state index in [4.69, 9.17) is 9.47 Å². The number of methoxy groups -OCH3 is 2. The Hall–Kier alpha value is -2.46. The average molecular weight is 376 g/mol. The zero-order chi connectivity index (χ0) is 19.6. The second-order valence-electron chi connectivity index (χ2n) is 6.97. The molecule has 0 amide bonds.